The molecule has 0 aromatic heterocycles. The van der Waals surface area contributed by atoms with Crippen LogP contribution in [0.25, 0.3) is 0 Å². The van der Waals surface area contributed by atoms with E-state index in [2.05, 4.69) is 47.5 Å². The summed E-state index contributed by atoms with van der Waals surface area (Å²) < 4.78 is 0. The largest absolute Gasteiger partial charge is 0.314 e. The lowest BCUT2D eigenvalue weighted by Gasteiger charge is -2.27. The minimum atomic E-state index is 0.801. The Kier molecular flexibility index (Phi) is 5.69. The van der Waals surface area contributed by atoms with Crippen molar-refractivity contribution in [2.24, 2.45) is 5.92 Å². The zero-order chi connectivity index (χ0) is 12.6. The molecule has 0 radical (unpaired) electrons. The average molecular weight is 246 g/mol. The van der Waals surface area contributed by atoms with Crippen molar-refractivity contribution in [1.82, 2.24) is 10.2 Å². The third kappa shape index (κ3) is 4.79. The van der Waals surface area contributed by atoms with E-state index in [4.69, 9.17) is 0 Å². The quantitative estimate of drug-likeness (QED) is 0.830. The van der Waals surface area contributed by atoms with Gasteiger partial charge in [-0.25, -0.2) is 0 Å². The van der Waals surface area contributed by atoms with Crippen LogP contribution in [0.4, 0.5) is 0 Å². The summed E-state index contributed by atoms with van der Waals surface area (Å²) in [6.45, 7) is 8.45. The number of benzene rings is 1. The molecule has 1 aromatic carbocycles. The molecule has 1 aliphatic rings. The Morgan fingerprint density at radius 1 is 1.17 bits per heavy atom. The first kappa shape index (κ1) is 13.6. The fraction of sp³-hybridized carbons (Fsp3) is 0.625. The van der Waals surface area contributed by atoms with Gasteiger partial charge in [-0.3, -0.25) is 0 Å². The van der Waals surface area contributed by atoms with Crippen LogP contribution in [-0.4, -0.2) is 37.6 Å². The number of hydrogen-bond acceptors (Lipinski definition) is 2. The van der Waals surface area contributed by atoms with Crippen LogP contribution < -0.4 is 5.32 Å². The Morgan fingerprint density at radius 2 is 1.89 bits per heavy atom. The van der Waals surface area contributed by atoms with Gasteiger partial charge in [-0.05, 0) is 37.3 Å². The van der Waals surface area contributed by atoms with Gasteiger partial charge in [0.25, 0.3) is 0 Å². The molecule has 1 aliphatic heterocycles. The smallest absolute Gasteiger partial charge is 0.0107 e. The van der Waals surface area contributed by atoms with Crippen LogP contribution in [-0.2, 0) is 6.42 Å². The van der Waals surface area contributed by atoms with Crippen molar-refractivity contribution in [2.75, 3.05) is 32.7 Å². The molecule has 2 rings (SSSR count). The lowest BCUT2D eigenvalue weighted by atomic mass is 9.96. The van der Waals surface area contributed by atoms with Gasteiger partial charge >= 0.3 is 0 Å². The highest BCUT2D eigenvalue weighted by Crippen LogP contribution is 2.13. The van der Waals surface area contributed by atoms with Crippen molar-refractivity contribution in [3.63, 3.8) is 0 Å². The SMILES string of the molecule is CC(CCCN1CCNCC1)Cc1ccccc1. The van der Waals surface area contributed by atoms with Gasteiger partial charge in [0.2, 0.25) is 0 Å². The van der Waals surface area contributed by atoms with Gasteiger partial charge in [0, 0.05) is 26.2 Å². The van der Waals surface area contributed by atoms with Crippen molar-refractivity contribution in [3.05, 3.63) is 35.9 Å². The number of piperazine rings is 1. The number of hydrogen-bond donors (Lipinski definition) is 1. The fourth-order valence-corrected chi connectivity index (χ4v) is 2.72. The Balaban J connectivity index is 1.61. The molecule has 18 heavy (non-hydrogen) atoms. The predicted octanol–water partition coefficient (Wildman–Crippen LogP) is 2.55. The van der Waals surface area contributed by atoms with Gasteiger partial charge < -0.3 is 10.2 Å². The van der Waals surface area contributed by atoms with Crippen LogP contribution >= 0.6 is 0 Å². The molecule has 1 saturated heterocycles. The van der Waals surface area contributed by atoms with Crippen LogP contribution in [0.3, 0.4) is 0 Å². The second-order valence-corrected chi connectivity index (χ2v) is 5.53. The molecule has 1 atom stereocenters. The van der Waals surface area contributed by atoms with Crippen LogP contribution in [0, 0.1) is 5.92 Å². The topological polar surface area (TPSA) is 15.3 Å². The molecule has 2 heteroatoms. The van der Waals surface area contributed by atoms with Gasteiger partial charge in [-0.15, -0.1) is 0 Å². The van der Waals surface area contributed by atoms with Gasteiger partial charge in [0.15, 0.2) is 0 Å². The molecular formula is C16H26N2. The highest BCUT2D eigenvalue weighted by Gasteiger charge is 2.10. The standard InChI is InChI=1S/C16H26N2/c1-15(14-16-7-3-2-4-8-16)6-5-11-18-12-9-17-10-13-18/h2-4,7-8,15,17H,5-6,9-14H2,1H3. The molecule has 1 N–H and O–H groups in total. The second kappa shape index (κ2) is 7.55. The highest BCUT2D eigenvalue weighted by atomic mass is 15.2. The lowest BCUT2D eigenvalue weighted by molar-refractivity contribution is 0.232. The van der Waals surface area contributed by atoms with E-state index in [1.165, 1.54) is 57.5 Å². The van der Waals surface area contributed by atoms with E-state index in [0.717, 1.165) is 5.92 Å². The Bertz CT molecular complexity index is 317. The third-order valence-corrected chi connectivity index (χ3v) is 3.81. The summed E-state index contributed by atoms with van der Waals surface area (Å²) in [7, 11) is 0. The summed E-state index contributed by atoms with van der Waals surface area (Å²) in [5.74, 6) is 0.801. The van der Waals surface area contributed by atoms with E-state index in [-0.39, 0.29) is 0 Å². The molecule has 0 saturated carbocycles. The van der Waals surface area contributed by atoms with E-state index in [1.54, 1.807) is 0 Å². The molecule has 1 heterocycles. The van der Waals surface area contributed by atoms with Gasteiger partial charge in [0.05, 0.1) is 0 Å². The van der Waals surface area contributed by atoms with E-state index >= 15 is 0 Å². The van der Waals surface area contributed by atoms with E-state index in [9.17, 15) is 0 Å². The number of nitrogens with zero attached hydrogens (tertiary/aromatic N) is 1. The van der Waals surface area contributed by atoms with Crippen molar-refractivity contribution in [3.8, 4) is 0 Å². The van der Waals surface area contributed by atoms with Crippen LogP contribution in [0.15, 0.2) is 30.3 Å². The molecule has 2 nitrogen and oxygen atoms in total. The van der Waals surface area contributed by atoms with E-state index < -0.39 is 0 Å². The minimum absolute atomic E-state index is 0.801. The first-order chi connectivity index (χ1) is 8.84. The maximum absolute atomic E-state index is 3.40. The van der Waals surface area contributed by atoms with Crippen LogP contribution in [0.1, 0.15) is 25.3 Å². The van der Waals surface area contributed by atoms with Crippen molar-refractivity contribution < 1.29 is 0 Å². The number of rotatable bonds is 6. The van der Waals surface area contributed by atoms with E-state index in [1.807, 2.05) is 0 Å². The first-order valence-electron chi connectivity index (χ1n) is 7.31. The molecule has 1 unspecified atom stereocenters. The molecule has 0 aliphatic carbocycles. The second-order valence-electron chi connectivity index (χ2n) is 5.53. The molecule has 0 bridgehead atoms. The maximum Gasteiger partial charge on any atom is 0.0107 e. The van der Waals surface area contributed by atoms with Crippen LogP contribution in [0.5, 0.6) is 0 Å². The van der Waals surface area contributed by atoms with Gasteiger partial charge in [-0.2, -0.15) is 0 Å². The summed E-state index contributed by atoms with van der Waals surface area (Å²) in [4.78, 5) is 2.59. The Labute approximate surface area is 111 Å². The predicted molar refractivity (Wildman–Crippen MR) is 77.9 cm³/mol. The molecule has 100 valence electrons. The summed E-state index contributed by atoms with van der Waals surface area (Å²) >= 11 is 0. The molecule has 0 spiro atoms. The minimum Gasteiger partial charge on any atom is -0.314 e. The third-order valence-electron chi connectivity index (χ3n) is 3.81. The van der Waals surface area contributed by atoms with E-state index in [0.29, 0.717) is 0 Å². The Hall–Kier alpha value is -0.860. The van der Waals surface area contributed by atoms with Crippen LogP contribution in [0.2, 0.25) is 0 Å². The zero-order valence-electron chi connectivity index (χ0n) is 11.6. The lowest BCUT2D eigenvalue weighted by Crippen LogP contribution is -2.43. The maximum atomic E-state index is 3.40. The summed E-state index contributed by atoms with van der Waals surface area (Å²) in [6.07, 6.45) is 3.91. The molecule has 1 fully saturated rings. The normalized spacial score (nSPS) is 18.7. The summed E-state index contributed by atoms with van der Waals surface area (Å²) in [5, 5.41) is 3.40. The Morgan fingerprint density at radius 3 is 2.61 bits per heavy atom. The molecular weight excluding hydrogens is 220 g/mol. The average Bonchev–Trinajstić information content (AvgIpc) is 2.41. The highest BCUT2D eigenvalue weighted by molar-refractivity contribution is 5.14. The summed E-state index contributed by atoms with van der Waals surface area (Å²) in [6, 6.07) is 10.9. The summed E-state index contributed by atoms with van der Waals surface area (Å²) in [5.41, 5.74) is 1.48. The molecule has 1 aromatic rings. The molecule has 0 amide bonds. The van der Waals surface area contributed by atoms with Gasteiger partial charge in [-0.1, -0.05) is 37.3 Å². The van der Waals surface area contributed by atoms with Gasteiger partial charge in [0.1, 0.15) is 0 Å². The number of nitrogens with one attached hydrogen (secondary N) is 1. The zero-order valence-corrected chi connectivity index (χ0v) is 11.6. The monoisotopic (exact) mass is 246 g/mol. The van der Waals surface area contributed by atoms with Crippen molar-refractivity contribution in [1.29, 1.82) is 0 Å². The fourth-order valence-electron chi connectivity index (χ4n) is 2.72. The van der Waals surface area contributed by atoms with Crippen molar-refractivity contribution in [2.45, 2.75) is 26.2 Å². The van der Waals surface area contributed by atoms with Crippen molar-refractivity contribution >= 4 is 0 Å². The first-order valence-corrected chi connectivity index (χ1v) is 7.31.